The second-order valence-electron chi connectivity index (χ2n) is 4.06. The number of alkyl halides is 3. The molecule has 0 aliphatic carbocycles. The third-order valence-corrected chi connectivity index (χ3v) is 3.08. The largest absolute Gasteiger partial charge is 0.323 e. The van der Waals surface area contributed by atoms with Crippen LogP contribution in [-0.4, -0.2) is 29.9 Å². The molecule has 1 unspecified atom stereocenters. The minimum absolute atomic E-state index is 0.137. The lowest BCUT2D eigenvalue weighted by Crippen LogP contribution is -2.41. The standard InChI is InChI=1S/C10H11ClF3N3O2/c11-8-1-6(7(2-16-8)17(18)19)9(15)10(3-12,4-13)5-14/h1-2,9H,3-5,15H2. The molecule has 19 heavy (non-hydrogen) atoms. The van der Waals surface area contributed by atoms with Gasteiger partial charge >= 0.3 is 0 Å². The second-order valence-corrected chi connectivity index (χ2v) is 4.45. The van der Waals surface area contributed by atoms with Crippen molar-refractivity contribution in [2.75, 3.05) is 20.0 Å². The highest BCUT2D eigenvalue weighted by molar-refractivity contribution is 6.29. The lowest BCUT2D eigenvalue weighted by molar-refractivity contribution is -0.386. The Labute approximate surface area is 111 Å². The van der Waals surface area contributed by atoms with Gasteiger partial charge in [-0.05, 0) is 6.07 Å². The Morgan fingerprint density at radius 2 is 1.95 bits per heavy atom. The Hall–Kier alpha value is -1.41. The first-order valence-electron chi connectivity index (χ1n) is 5.15. The van der Waals surface area contributed by atoms with E-state index in [-0.39, 0.29) is 10.7 Å². The number of halogens is 4. The molecule has 106 valence electrons. The summed E-state index contributed by atoms with van der Waals surface area (Å²) in [6.07, 6.45) is 0.816. The van der Waals surface area contributed by atoms with Crippen molar-refractivity contribution in [3.8, 4) is 0 Å². The SMILES string of the molecule is NC(c1cc(Cl)ncc1[N+](=O)[O-])C(CF)(CF)CF. The molecule has 0 bridgehead atoms. The summed E-state index contributed by atoms with van der Waals surface area (Å²) in [5, 5.41) is 10.7. The van der Waals surface area contributed by atoms with Gasteiger partial charge in [-0.3, -0.25) is 23.3 Å². The first-order chi connectivity index (χ1) is 8.91. The molecule has 0 fully saturated rings. The zero-order valence-corrected chi connectivity index (χ0v) is 10.4. The van der Waals surface area contributed by atoms with Crippen LogP contribution in [0.15, 0.2) is 12.3 Å². The third kappa shape index (κ3) is 2.95. The minimum Gasteiger partial charge on any atom is -0.323 e. The summed E-state index contributed by atoms with van der Waals surface area (Å²) >= 11 is 5.57. The first-order valence-corrected chi connectivity index (χ1v) is 5.53. The summed E-state index contributed by atoms with van der Waals surface area (Å²) < 4.78 is 38.7. The van der Waals surface area contributed by atoms with E-state index in [4.69, 9.17) is 17.3 Å². The summed E-state index contributed by atoms with van der Waals surface area (Å²) in [6.45, 7) is -4.17. The third-order valence-electron chi connectivity index (χ3n) is 2.87. The summed E-state index contributed by atoms with van der Waals surface area (Å²) in [5.41, 5.74) is 2.63. The highest BCUT2D eigenvalue weighted by atomic mass is 35.5. The molecule has 1 aromatic rings. The van der Waals surface area contributed by atoms with Crippen LogP contribution in [0.4, 0.5) is 18.9 Å². The zero-order valence-electron chi connectivity index (χ0n) is 9.65. The van der Waals surface area contributed by atoms with Gasteiger partial charge in [0.1, 0.15) is 31.4 Å². The Kier molecular flexibility index (Phi) is 5.07. The van der Waals surface area contributed by atoms with Crippen molar-refractivity contribution in [3.63, 3.8) is 0 Å². The van der Waals surface area contributed by atoms with E-state index in [1.807, 2.05) is 0 Å². The summed E-state index contributed by atoms with van der Waals surface area (Å²) in [4.78, 5) is 13.5. The summed E-state index contributed by atoms with van der Waals surface area (Å²) in [5.74, 6) is 0. The smallest absolute Gasteiger partial charge is 0.292 e. The molecule has 2 N–H and O–H groups in total. The highest BCUT2D eigenvalue weighted by Crippen LogP contribution is 2.38. The average Bonchev–Trinajstić information content (AvgIpc) is 2.40. The molecule has 0 aromatic carbocycles. The highest BCUT2D eigenvalue weighted by Gasteiger charge is 2.41. The van der Waals surface area contributed by atoms with Gasteiger partial charge in [0.2, 0.25) is 0 Å². The maximum atomic E-state index is 12.9. The van der Waals surface area contributed by atoms with Crippen molar-refractivity contribution >= 4 is 17.3 Å². The normalized spacial score (nSPS) is 13.3. The van der Waals surface area contributed by atoms with E-state index < -0.39 is 42.1 Å². The number of nitrogens with zero attached hydrogens (tertiary/aromatic N) is 2. The molecule has 0 spiro atoms. The molecule has 0 amide bonds. The lowest BCUT2D eigenvalue weighted by Gasteiger charge is -2.31. The molecule has 1 rings (SSSR count). The van der Waals surface area contributed by atoms with E-state index in [1.54, 1.807) is 0 Å². The van der Waals surface area contributed by atoms with Crippen LogP contribution in [0.5, 0.6) is 0 Å². The fourth-order valence-electron chi connectivity index (χ4n) is 1.52. The predicted octanol–water partition coefficient (Wildman–Crippen LogP) is 2.54. The number of aromatic nitrogens is 1. The van der Waals surface area contributed by atoms with Gasteiger partial charge in [0.25, 0.3) is 5.69 Å². The number of hydrogen-bond donors (Lipinski definition) is 1. The molecule has 0 aliphatic heterocycles. The molecule has 0 saturated carbocycles. The van der Waals surface area contributed by atoms with E-state index in [0.717, 1.165) is 12.3 Å². The fourth-order valence-corrected chi connectivity index (χ4v) is 1.69. The van der Waals surface area contributed by atoms with Crippen molar-refractivity contribution in [2.45, 2.75) is 6.04 Å². The molecule has 9 heteroatoms. The van der Waals surface area contributed by atoms with Gasteiger partial charge in [0.15, 0.2) is 0 Å². The van der Waals surface area contributed by atoms with Crippen LogP contribution in [-0.2, 0) is 0 Å². The molecule has 1 heterocycles. The van der Waals surface area contributed by atoms with Gasteiger partial charge in [-0.15, -0.1) is 0 Å². The Morgan fingerprint density at radius 1 is 1.42 bits per heavy atom. The van der Waals surface area contributed by atoms with Gasteiger partial charge in [0.05, 0.1) is 15.9 Å². The van der Waals surface area contributed by atoms with Crippen LogP contribution >= 0.6 is 11.6 Å². The van der Waals surface area contributed by atoms with Crippen molar-refractivity contribution in [1.82, 2.24) is 4.98 Å². The predicted molar refractivity (Wildman–Crippen MR) is 63.2 cm³/mol. The van der Waals surface area contributed by atoms with E-state index in [2.05, 4.69) is 4.98 Å². The molecular formula is C10H11ClF3N3O2. The van der Waals surface area contributed by atoms with Crippen molar-refractivity contribution in [2.24, 2.45) is 11.1 Å². The second kappa shape index (κ2) is 6.16. The van der Waals surface area contributed by atoms with Gasteiger partial charge in [-0.2, -0.15) is 0 Å². The van der Waals surface area contributed by atoms with E-state index in [0.29, 0.717) is 0 Å². The topological polar surface area (TPSA) is 82.0 Å². The number of rotatable bonds is 6. The van der Waals surface area contributed by atoms with Crippen molar-refractivity contribution in [3.05, 3.63) is 33.1 Å². The van der Waals surface area contributed by atoms with Crippen molar-refractivity contribution in [1.29, 1.82) is 0 Å². The Balaban J connectivity index is 3.35. The van der Waals surface area contributed by atoms with Crippen LogP contribution in [0.25, 0.3) is 0 Å². The molecule has 1 aromatic heterocycles. The quantitative estimate of drug-likeness (QED) is 0.497. The molecule has 5 nitrogen and oxygen atoms in total. The summed E-state index contributed by atoms with van der Waals surface area (Å²) in [6, 6.07) is -0.534. The first kappa shape index (κ1) is 15.6. The van der Waals surface area contributed by atoms with Gasteiger partial charge < -0.3 is 5.73 Å². The van der Waals surface area contributed by atoms with E-state index in [9.17, 15) is 23.3 Å². The number of pyridine rings is 1. The number of hydrogen-bond acceptors (Lipinski definition) is 4. The van der Waals surface area contributed by atoms with Crippen LogP contribution in [0.2, 0.25) is 5.15 Å². The monoisotopic (exact) mass is 297 g/mol. The molecule has 1 atom stereocenters. The zero-order chi connectivity index (χ0) is 14.6. The Morgan fingerprint density at radius 3 is 2.37 bits per heavy atom. The maximum absolute atomic E-state index is 12.9. The molecule has 0 saturated heterocycles. The number of nitro groups is 1. The van der Waals surface area contributed by atoms with Crippen LogP contribution in [0, 0.1) is 15.5 Å². The van der Waals surface area contributed by atoms with Crippen LogP contribution in [0.1, 0.15) is 11.6 Å². The lowest BCUT2D eigenvalue weighted by atomic mass is 9.80. The fraction of sp³-hybridized carbons (Fsp3) is 0.500. The maximum Gasteiger partial charge on any atom is 0.292 e. The van der Waals surface area contributed by atoms with Crippen molar-refractivity contribution < 1.29 is 18.1 Å². The number of nitrogens with two attached hydrogens (primary N) is 1. The molecule has 0 aliphatic rings. The van der Waals surface area contributed by atoms with Crippen LogP contribution in [0.3, 0.4) is 0 Å². The molecule has 0 radical (unpaired) electrons. The summed E-state index contributed by atoms with van der Waals surface area (Å²) in [7, 11) is 0. The van der Waals surface area contributed by atoms with Gasteiger partial charge in [0, 0.05) is 6.04 Å². The molecular weight excluding hydrogens is 287 g/mol. The Bertz CT molecular complexity index is 463. The van der Waals surface area contributed by atoms with Gasteiger partial charge in [-0.25, -0.2) is 4.98 Å². The van der Waals surface area contributed by atoms with Crippen LogP contribution < -0.4 is 5.73 Å². The van der Waals surface area contributed by atoms with E-state index >= 15 is 0 Å². The average molecular weight is 298 g/mol. The van der Waals surface area contributed by atoms with Gasteiger partial charge in [-0.1, -0.05) is 11.6 Å². The van der Waals surface area contributed by atoms with E-state index in [1.165, 1.54) is 0 Å². The minimum atomic E-state index is -2.16.